The number of morpholine rings is 1. The zero-order chi connectivity index (χ0) is 26.1. The molecule has 6 rings (SSSR count). The minimum absolute atomic E-state index is 0.0531. The van der Waals surface area contributed by atoms with Gasteiger partial charge in [-0.15, -0.1) is 11.8 Å². The Bertz CT molecular complexity index is 1540. The third-order valence-corrected chi connectivity index (χ3v) is 7.47. The van der Waals surface area contributed by atoms with Gasteiger partial charge >= 0.3 is 0 Å². The molecule has 2 aromatic heterocycles. The molecule has 1 saturated heterocycles. The lowest BCUT2D eigenvalue weighted by Crippen LogP contribution is -2.40. The molecule has 38 heavy (non-hydrogen) atoms. The molecule has 1 N–H and O–H groups in total. The van der Waals surface area contributed by atoms with E-state index in [4.69, 9.17) is 14.2 Å². The molecule has 0 saturated carbocycles. The first-order valence-corrected chi connectivity index (χ1v) is 13.6. The fraction of sp³-hybridized carbons (Fsp3) is 0.241. The van der Waals surface area contributed by atoms with Crippen molar-refractivity contribution in [2.24, 2.45) is 0 Å². The fourth-order valence-corrected chi connectivity index (χ4v) is 5.58. The van der Waals surface area contributed by atoms with E-state index >= 15 is 0 Å². The van der Waals surface area contributed by atoms with E-state index < -0.39 is 0 Å². The number of nitrogens with zero attached hydrogens (tertiary/aromatic N) is 4. The van der Waals surface area contributed by atoms with Gasteiger partial charge in [0.25, 0.3) is 5.91 Å². The van der Waals surface area contributed by atoms with Gasteiger partial charge in [0.1, 0.15) is 11.6 Å². The van der Waals surface area contributed by atoms with Gasteiger partial charge in [0.15, 0.2) is 0 Å². The number of nitrogens with one attached hydrogen (secondary N) is 1. The Balaban J connectivity index is 1.50. The lowest BCUT2D eigenvalue weighted by atomic mass is 10.0. The van der Waals surface area contributed by atoms with Gasteiger partial charge < -0.3 is 19.5 Å². The Labute approximate surface area is 224 Å². The number of hydrogen-bond donors (Lipinski definition) is 1. The van der Waals surface area contributed by atoms with Crippen molar-refractivity contribution in [1.82, 2.24) is 20.4 Å². The van der Waals surface area contributed by atoms with Gasteiger partial charge in [-0.25, -0.2) is 9.97 Å². The van der Waals surface area contributed by atoms with Crippen molar-refractivity contribution < 1.29 is 14.1 Å². The molecule has 192 valence electrons. The van der Waals surface area contributed by atoms with E-state index in [2.05, 4.69) is 38.6 Å². The Hall–Kier alpha value is -3.95. The second-order valence-electron chi connectivity index (χ2n) is 9.25. The minimum Gasteiger partial charge on any atom is -0.377 e. The second kappa shape index (κ2) is 10.4. The largest absolute Gasteiger partial charge is 0.377 e. The average molecular weight is 526 g/mol. The van der Waals surface area contributed by atoms with Crippen molar-refractivity contribution in [3.8, 4) is 11.1 Å². The van der Waals surface area contributed by atoms with Crippen LogP contribution in [-0.2, 0) is 4.74 Å². The smallest absolute Gasteiger partial charge is 0.293 e. The molecule has 1 atom stereocenters. The van der Waals surface area contributed by atoms with Crippen molar-refractivity contribution in [2.75, 3.05) is 30.4 Å². The number of thioether (sulfide) groups is 1. The molecule has 1 amide bonds. The van der Waals surface area contributed by atoms with Gasteiger partial charge in [0.2, 0.25) is 5.82 Å². The van der Waals surface area contributed by atoms with Crippen LogP contribution in [0.1, 0.15) is 33.7 Å². The Morgan fingerprint density at radius 2 is 2.00 bits per heavy atom. The van der Waals surface area contributed by atoms with E-state index in [0.29, 0.717) is 31.1 Å². The zero-order valence-corrected chi connectivity index (χ0v) is 22.0. The van der Waals surface area contributed by atoms with Crippen LogP contribution in [0.4, 0.5) is 5.82 Å². The van der Waals surface area contributed by atoms with Crippen LogP contribution in [0.15, 0.2) is 76.3 Å². The average Bonchev–Trinajstić information content (AvgIpc) is 3.30. The van der Waals surface area contributed by atoms with E-state index in [1.165, 1.54) is 0 Å². The third kappa shape index (κ3) is 4.70. The Kier molecular flexibility index (Phi) is 6.70. The SMILES string of the molecule is Cc1noc(C)c1-c1ccc2nc(C(=O)NC3=CCSC=C3)nc(N3CCOC[C@@H]3c3ccccc3)c2c1. The Morgan fingerprint density at radius 1 is 1.13 bits per heavy atom. The highest BCUT2D eigenvalue weighted by atomic mass is 32.2. The van der Waals surface area contributed by atoms with Gasteiger partial charge in [0, 0.05) is 28.9 Å². The van der Waals surface area contributed by atoms with Crippen molar-refractivity contribution in [3.05, 3.63) is 94.6 Å². The number of rotatable bonds is 5. The number of aromatic nitrogens is 3. The van der Waals surface area contributed by atoms with E-state index in [-0.39, 0.29) is 17.8 Å². The maximum absolute atomic E-state index is 13.3. The first-order chi connectivity index (χ1) is 18.6. The number of benzene rings is 2. The van der Waals surface area contributed by atoms with Gasteiger partial charge in [-0.05, 0) is 48.6 Å². The molecule has 2 aromatic carbocycles. The van der Waals surface area contributed by atoms with Crippen LogP contribution in [0.3, 0.4) is 0 Å². The van der Waals surface area contributed by atoms with Crippen molar-refractivity contribution >= 4 is 34.4 Å². The van der Waals surface area contributed by atoms with Crippen LogP contribution in [0.5, 0.6) is 0 Å². The number of hydrogen-bond acceptors (Lipinski definition) is 8. The summed E-state index contributed by atoms with van der Waals surface area (Å²) in [5, 5.41) is 9.91. The van der Waals surface area contributed by atoms with Crippen LogP contribution in [0.2, 0.25) is 0 Å². The summed E-state index contributed by atoms with van der Waals surface area (Å²) < 4.78 is 11.3. The predicted octanol–water partition coefficient (Wildman–Crippen LogP) is 5.35. The number of anilines is 1. The highest BCUT2D eigenvalue weighted by Crippen LogP contribution is 2.36. The highest BCUT2D eigenvalue weighted by molar-refractivity contribution is 8.02. The van der Waals surface area contributed by atoms with Crippen molar-refractivity contribution in [2.45, 2.75) is 19.9 Å². The summed E-state index contributed by atoms with van der Waals surface area (Å²) in [5.41, 5.74) is 5.31. The molecule has 4 aromatic rings. The lowest BCUT2D eigenvalue weighted by molar-refractivity contribution is 0.0935. The summed E-state index contributed by atoms with van der Waals surface area (Å²) in [5.74, 6) is 2.06. The van der Waals surface area contributed by atoms with Gasteiger partial charge in [-0.2, -0.15) is 0 Å². The summed E-state index contributed by atoms with van der Waals surface area (Å²) in [6, 6.07) is 16.2. The molecule has 1 fully saturated rings. The maximum Gasteiger partial charge on any atom is 0.293 e. The number of amides is 1. The monoisotopic (exact) mass is 525 g/mol. The van der Waals surface area contributed by atoms with Crippen molar-refractivity contribution in [3.63, 3.8) is 0 Å². The molecule has 0 spiro atoms. The summed E-state index contributed by atoms with van der Waals surface area (Å²) in [4.78, 5) is 25.1. The normalized spacial score (nSPS) is 17.5. The summed E-state index contributed by atoms with van der Waals surface area (Å²) in [6.45, 7) is 5.56. The third-order valence-electron chi connectivity index (χ3n) is 6.79. The standard InChI is InChI=1S/C29H27N5O3S/c1-18-26(19(2)37-33-18)21-8-9-24-23(16-21)28(32-27(31-24)29(35)30-22-10-14-38-15-11-22)34-12-13-36-17-25(34)20-6-4-3-5-7-20/h3-11,14,16,25H,12-13,15,17H2,1-2H3,(H,30,35)/t25-/m1/s1. The number of carbonyl (C=O) groups excluding carboxylic acids is 1. The van der Waals surface area contributed by atoms with E-state index in [9.17, 15) is 4.79 Å². The molecular weight excluding hydrogens is 498 g/mol. The summed E-state index contributed by atoms with van der Waals surface area (Å²) in [6.07, 6.45) is 3.87. The second-order valence-corrected chi connectivity index (χ2v) is 10.2. The number of aryl methyl sites for hydroxylation is 2. The first-order valence-electron chi connectivity index (χ1n) is 12.5. The maximum atomic E-state index is 13.3. The zero-order valence-electron chi connectivity index (χ0n) is 21.2. The van der Waals surface area contributed by atoms with E-state index in [0.717, 1.165) is 45.0 Å². The van der Waals surface area contributed by atoms with Crippen LogP contribution in [-0.4, -0.2) is 46.5 Å². The van der Waals surface area contributed by atoms with Crippen LogP contribution in [0, 0.1) is 13.8 Å². The highest BCUT2D eigenvalue weighted by Gasteiger charge is 2.29. The molecule has 0 aliphatic carbocycles. The summed E-state index contributed by atoms with van der Waals surface area (Å²) >= 11 is 1.68. The first kappa shape index (κ1) is 24.4. The van der Waals surface area contributed by atoms with Gasteiger partial charge in [-0.3, -0.25) is 4.79 Å². The Morgan fingerprint density at radius 3 is 2.76 bits per heavy atom. The molecular formula is C29H27N5O3S. The van der Waals surface area contributed by atoms with Crippen LogP contribution >= 0.6 is 11.8 Å². The topological polar surface area (TPSA) is 93.4 Å². The lowest BCUT2D eigenvalue weighted by Gasteiger charge is -2.37. The quantitative estimate of drug-likeness (QED) is 0.373. The van der Waals surface area contributed by atoms with Crippen LogP contribution < -0.4 is 10.2 Å². The molecule has 9 heteroatoms. The molecule has 0 bridgehead atoms. The van der Waals surface area contributed by atoms with E-state index in [1.807, 2.05) is 61.7 Å². The molecule has 2 aliphatic heterocycles. The molecule has 8 nitrogen and oxygen atoms in total. The number of carbonyl (C=O) groups is 1. The number of ether oxygens (including phenoxy) is 1. The summed E-state index contributed by atoms with van der Waals surface area (Å²) in [7, 11) is 0. The molecule has 2 aliphatic rings. The predicted molar refractivity (Wildman–Crippen MR) is 149 cm³/mol. The molecule has 0 radical (unpaired) electrons. The van der Waals surface area contributed by atoms with Gasteiger partial charge in [-0.1, -0.05) is 47.6 Å². The number of fused-ring (bicyclic) bond motifs is 1. The minimum atomic E-state index is -0.338. The molecule has 0 unspecified atom stereocenters. The fourth-order valence-electron chi connectivity index (χ4n) is 4.95. The van der Waals surface area contributed by atoms with Gasteiger partial charge in [0.05, 0.1) is 30.5 Å². The van der Waals surface area contributed by atoms with E-state index in [1.54, 1.807) is 11.8 Å². The van der Waals surface area contributed by atoms with Crippen molar-refractivity contribution in [1.29, 1.82) is 0 Å². The van der Waals surface area contributed by atoms with Crippen LogP contribution in [0.25, 0.3) is 22.0 Å². The number of allylic oxidation sites excluding steroid dienone is 1. The molecule has 4 heterocycles.